The van der Waals surface area contributed by atoms with Gasteiger partial charge in [-0.15, -0.1) is 0 Å². The third-order valence-corrected chi connectivity index (χ3v) is 5.40. The molecule has 15 heteroatoms. The first kappa shape index (κ1) is 22.8. The van der Waals surface area contributed by atoms with Crippen molar-refractivity contribution in [2.24, 2.45) is 5.11 Å². The summed E-state index contributed by atoms with van der Waals surface area (Å²) in [6.07, 6.45) is -0.461. The van der Waals surface area contributed by atoms with Crippen molar-refractivity contribution in [1.82, 2.24) is 14.6 Å². The van der Waals surface area contributed by atoms with E-state index in [1.807, 2.05) is 0 Å². The highest BCUT2D eigenvalue weighted by Gasteiger charge is 2.38. The van der Waals surface area contributed by atoms with Crippen LogP contribution in [-0.2, 0) is 23.4 Å². The number of hydrogen-bond donors (Lipinski definition) is 3. The van der Waals surface area contributed by atoms with Crippen molar-refractivity contribution in [1.29, 1.82) is 0 Å². The fourth-order valence-corrected chi connectivity index (χ4v) is 3.73. The SMILES string of the molecule is COC(=O)[C@H](C)NP(=O)(O)OC[C@H]1OC(n2cc(C)c(=O)[nH]c2=O)CC1N=[N+]=[N-]. The van der Waals surface area contributed by atoms with Gasteiger partial charge >= 0.3 is 19.4 Å². The van der Waals surface area contributed by atoms with E-state index in [9.17, 15) is 23.8 Å². The second-order valence-electron chi connectivity index (χ2n) is 6.31. The number of azide groups is 1. The molecule has 1 aromatic rings. The molecule has 0 bridgehead atoms. The second-order valence-corrected chi connectivity index (χ2v) is 7.86. The Morgan fingerprint density at radius 3 is 2.93 bits per heavy atom. The Morgan fingerprint density at radius 1 is 1.62 bits per heavy atom. The van der Waals surface area contributed by atoms with Gasteiger partial charge in [0.05, 0.1) is 25.9 Å². The van der Waals surface area contributed by atoms with Crippen LogP contribution in [0.2, 0.25) is 0 Å². The number of aromatic amines is 1. The van der Waals surface area contributed by atoms with E-state index in [0.717, 1.165) is 11.7 Å². The van der Waals surface area contributed by atoms with Gasteiger partial charge in [-0.2, -0.15) is 0 Å². The number of hydrogen-bond acceptors (Lipinski definition) is 8. The van der Waals surface area contributed by atoms with Gasteiger partial charge in [0.1, 0.15) is 12.3 Å². The molecule has 5 atom stereocenters. The Bertz CT molecular complexity index is 970. The summed E-state index contributed by atoms with van der Waals surface area (Å²) >= 11 is 0. The maximum Gasteiger partial charge on any atom is 0.403 e. The summed E-state index contributed by atoms with van der Waals surface area (Å²) in [4.78, 5) is 49.6. The fraction of sp³-hybridized carbons (Fsp3) is 0.643. The summed E-state index contributed by atoms with van der Waals surface area (Å²) < 4.78 is 28.3. The highest BCUT2D eigenvalue weighted by Crippen LogP contribution is 2.40. The van der Waals surface area contributed by atoms with Crippen molar-refractivity contribution in [3.05, 3.63) is 43.0 Å². The van der Waals surface area contributed by atoms with Crippen molar-refractivity contribution in [3.63, 3.8) is 0 Å². The van der Waals surface area contributed by atoms with Gasteiger partial charge in [-0.3, -0.25) is 23.7 Å². The smallest absolute Gasteiger partial charge is 0.403 e. The molecule has 0 radical (unpaired) electrons. The molecule has 1 aliphatic rings. The zero-order valence-electron chi connectivity index (χ0n) is 15.8. The van der Waals surface area contributed by atoms with Crippen LogP contribution in [-0.4, -0.2) is 52.3 Å². The number of methoxy groups -OCH3 is 1. The number of aryl methyl sites for hydroxylation is 1. The molecule has 0 aliphatic carbocycles. The van der Waals surface area contributed by atoms with Crippen LogP contribution in [0.25, 0.3) is 10.4 Å². The van der Waals surface area contributed by atoms with Crippen LogP contribution >= 0.6 is 7.75 Å². The lowest BCUT2D eigenvalue weighted by atomic mass is 10.1. The summed E-state index contributed by atoms with van der Waals surface area (Å²) in [6.45, 7) is 2.35. The van der Waals surface area contributed by atoms with Crippen LogP contribution in [0.3, 0.4) is 0 Å². The Labute approximate surface area is 164 Å². The summed E-state index contributed by atoms with van der Waals surface area (Å²) in [6, 6.07) is -1.91. The van der Waals surface area contributed by atoms with E-state index in [2.05, 4.69) is 24.8 Å². The maximum absolute atomic E-state index is 12.1. The highest BCUT2D eigenvalue weighted by atomic mass is 31.2. The van der Waals surface area contributed by atoms with Crippen LogP contribution in [0, 0.1) is 6.92 Å². The number of H-pyrrole nitrogens is 1. The number of nitrogens with one attached hydrogen (secondary N) is 2. The van der Waals surface area contributed by atoms with Crippen LogP contribution < -0.4 is 16.3 Å². The van der Waals surface area contributed by atoms with Gasteiger partial charge in [-0.1, -0.05) is 5.11 Å². The van der Waals surface area contributed by atoms with Crippen LogP contribution in [0.4, 0.5) is 0 Å². The minimum absolute atomic E-state index is 0.0746. The Kier molecular flexibility index (Phi) is 7.36. The van der Waals surface area contributed by atoms with E-state index in [1.165, 1.54) is 20.0 Å². The normalized spacial score (nSPS) is 24.3. The predicted octanol–water partition coefficient (Wildman–Crippen LogP) is 0.0795. The van der Waals surface area contributed by atoms with E-state index < -0.39 is 56.0 Å². The quantitative estimate of drug-likeness (QED) is 0.167. The molecule has 3 unspecified atom stereocenters. The first-order valence-electron chi connectivity index (χ1n) is 8.42. The molecule has 29 heavy (non-hydrogen) atoms. The third kappa shape index (κ3) is 5.76. The largest absolute Gasteiger partial charge is 0.468 e. The van der Waals surface area contributed by atoms with E-state index >= 15 is 0 Å². The van der Waals surface area contributed by atoms with Gasteiger partial charge in [-0.25, -0.2) is 14.4 Å². The average molecular weight is 432 g/mol. The minimum atomic E-state index is -4.41. The lowest BCUT2D eigenvalue weighted by Crippen LogP contribution is -2.34. The molecule has 3 N–H and O–H groups in total. The number of esters is 1. The van der Waals surface area contributed by atoms with Gasteiger partial charge in [0.25, 0.3) is 5.56 Å². The Morgan fingerprint density at radius 2 is 2.31 bits per heavy atom. The molecule has 0 saturated carbocycles. The van der Waals surface area contributed by atoms with Gasteiger partial charge in [0.15, 0.2) is 0 Å². The first-order valence-corrected chi connectivity index (χ1v) is 10.0. The molecule has 1 aromatic heterocycles. The van der Waals surface area contributed by atoms with Crippen LogP contribution in [0.5, 0.6) is 0 Å². The van der Waals surface area contributed by atoms with Crippen molar-refractivity contribution in [2.75, 3.05) is 13.7 Å². The molecule has 0 spiro atoms. The number of carbonyl (C=O) groups excluding carboxylic acids is 1. The average Bonchev–Trinajstić information content (AvgIpc) is 3.05. The van der Waals surface area contributed by atoms with Crippen molar-refractivity contribution in [2.45, 2.75) is 44.7 Å². The van der Waals surface area contributed by atoms with Crippen LogP contribution in [0.15, 0.2) is 20.9 Å². The Hall–Kier alpha value is -2.47. The summed E-state index contributed by atoms with van der Waals surface area (Å²) in [5, 5.41) is 5.68. The predicted molar refractivity (Wildman–Crippen MR) is 97.9 cm³/mol. The molecule has 2 rings (SSSR count). The zero-order valence-corrected chi connectivity index (χ0v) is 16.7. The standard InChI is InChI=1S/C14H21N6O8P/c1-7-5-20(14(23)16-12(7)21)11-4-9(17-19-15)10(28-11)6-27-29(24,25)18-8(2)13(22)26-3/h5,8-11H,4,6H2,1-3H3,(H,16,21,23)(H2,18,24,25)/t8-,9?,10+,11?/m0/s1. The maximum atomic E-state index is 12.1. The van der Waals surface area contributed by atoms with Gasteiger partial charge in [0.2, 0.25) is 0 Å². The minimum Gasteiger partial charge on any atom is -0.468 e. The molecule has 1 saturated heterocycles. The number of ether oxygens (including phenoxy) is 2. The lowest BCUT2D eigenvalue weighted by Gasteiger charge is -2.20. The van der Waals surface area contributed by atoms with Crippen molar-refractivity contribution >= 4 is 13.7 Å². The summed E-state index contributed by atoms with van der Waals surface area (Å²) in [5.41, 5.74) is 7.77. The second kappa shape index (κ2) is 9.35. The molecule has 0 aromatic carbocycles. The highest BCUT2D eigenvalue weighted by molar-refractivity contribution is 7.50. The van der Waals surface area contributed by atoms with Gasteiger partial charge < -0.3 is 14.4 Å². The molecule has 14 nitrogen and oxygen atoms in total. The zero-order chi connectivity index (χ0) is 21.8. The topological polar surface area (TPSA) is 198 Å². The molecule has 2 heterocycles. The number of aromatic nitrogens is 2. The first-order chi connectivity index (χ1) is 13.6. The fourth-order valence-electron chi connectivity index (χ4n) is 2.71. The van der Waals surface area contributed by atoms with E-state index in [0.29, 0.717) is 0 Å². The molecule has 1 aliphatic heterocycles. The number of nitrogens with zero attached hydrogens (tertiary/aromatic N) is 4. The van der Waals surface area contributed by atoms with Crippen molar-refractivity contribution < 1.29 is 28.3 Å². The van der Waals surface area contributed by atoms with Crippen molar-refractivity contribution in [3.8, 4) is 0 Å². The molecule has 160 valence electrons. The van der Waals surface area contributed by atoms with E-state index in [-0.39, 0.29) is 12.0 Å². The number of rotatable bonds is 8. The third-order valence-electron chi connectivity index (χ3n) is 4.19. The summed E-state index contributed by atoms with van der Waals surface area (Å²) in [5.74, 6) is -0.764. The van der Waals surface area contributed by atoms with Crippen LogP contribution in [0.1, 0.15) is 25.1 Å². The van der Waals surface area contributed by atoms with Gasteiger partial charge in [-0.05, 0) is 19.4 Å². The van der Waals surface area contributed by atoms with E-state index in [1.54, 1.807) is 0 Å². The Balaban J connectivity index is 2.12. The molecule has 1 fully saturated rings. The molecule has 0 amide bonds. The molecular formula is C14H21N6O8P. The number of carbonyl (C=O) groups is 1. The lowest BCUT2D eigenvalue weighted by molar-refractivity contribution is -0.142. The molecular weight excluding hydrogens is 411 g/mol. The monoisotopic (exact) mass is 432 g/mol. The van der Waals surface area contributed by atoms with Gasteiger partial charge in [0, 0.05) is 23.1 Å². The summed E-state index contributed by atoms with van der Waals surface area (Å²) in [7, 11) is -3.28. The van der Waals surface area contributed by atoms with E-state index in [4.69, 9.17) is 14.8 Å².